The number of hydrogen-bond donors (Lipinski definition) is 0. The number of aryl methyl sites for hydroxylation is 1. The number of halogens is 1. The molecule has 0 fully saturated rings. The predicted octanol–water partition coefficient (Wildman–Crippen LogP) is 2.81. The van der Waals surface area contributed by atoms with Gasteiger partial charge in [0.2, 0.25) is 0 Å². The van der Waals surface area contributed by atoms with E-state index in [2.05, 4.69) is 4.98 Å². The summed E-state index contributed by atoms with van der Waals surface area (Å²) >= 11 is 0. The van der Waals surface area contributed by atoms with E-state index < -0.39 is 11.4 Å². The minimum Gasteiger partial charge on any atom is -0.316 e. The van der Waals surface area contributed by atoms with Crippen LogP contribution in [0.25, 0.3) is 22.0 Å². The Morgan fingerprint density at radius 1 is 1.29 bits per heavy atom. The third-order valence-corrected chi connectivity index (χ3v) is 3.80. The lowest BCUT2D eigenvalue weighted by Gasteiger charge is -2.10. The Bertz CT molecular complexity index is 1080. The second-order valence-corrected chi connectivity index (χ2v) is 5.41. The number of hydrogen-bond acceptors (Lipinski definition) is 4. The first-order valence-corrected chi connectivity index (χ1v) is 7.13. The van der Waals surface area contributed by atoms with Crippen molar-refractivity contribution in [3.63, 3.8) is 0 Å². The zero-order valence-electron chi connectivity index (χ0n) is 13.0. The molecule has 0 aliphatic carbocycles. The third-order valence-electron chi connectivity index (χ3n) is 3.80. The molecule has 2 aromatic heterocycles. The van der Waals surface area contributed by atoms with Crippen LogP contribution in [0.1, 0.15) is 23.0 Å². The number of Topliss-reactive ketones (excluding diaryl/α,β-unsaturated/α-hetero) is 1. The van der Waals surface area contributed by atoms with E-state index in [1.54, 1.807) is 6.07 Å². The highest BCUT2D eigenvalue weighted by atomic mass is 19.1. The molecular formula is C18H12FN3O2. The highest BCUT2D eigenvalue weighted by Gasteiger charge is 2.16. The van der Waals surface area contributed by atoms with Crippen molar-refractivity contribution in [1.82, 2.24) is 9.55 Å². The van der Waals surface area contributed by atoms with Gasteiger partial charge in [-0.05, 0) is 30.7 Å². The molecule has 0 atom stereocenters. The number of carbonyl (C=O) groups is 1. The minimum atomic E-state index is -0.399. The maximum absolute atomic E-state index is 13.1. The molecule has 0 N–H and O–H groups in total. The summed E-state index contributed by atoms with van der Waals surface area (Å²) in [4.78, 5) is 28.4. The van der Waals surface area contributed by atoms with Crippen molar-refractivity contribution in [2.45, 2.75) is 6.92 Å². The number of benzene rings is 1. The van der Waals surface area contributed by atoms with Crippen molar-refractivity contribution in [2.75, 3.05) is 0 Å². The monoisotopic (exact) mass is 321 g/mol. The summed E-state index contributed by atoms with van der Waals surface area (Å²) in [6.07, 6.45) is 1.45. The number of rotatable bonds is 2. The van der Waals surface area contributed by atoms with E-state index in [0.29, 0.717) is 22.1 Å². The number of pyridine rings is 2. The van der Waals surface area contributed by atoms with Crippen LogP contribution in [0, 0.1) is 17.1 Å². The fraction of sp³-hybridized carbons (Fsp3) is 0.111. The van der Waals surface area contributed by atoms with Gasteiger partial charge in [0, 0.05) is 29.8 Å². The van der Waals surface area contributed by atoms with Gasteiger partial charge in [-0.3, -0.25) is 9.59 Å². The van der Waals surface area contributed by atoms with Gasteiger partial charge >= 0.3 is 0 Å². The average Bonchev–Trinajstić information content (AvgIpc) is 2.57. The van der Waals surface area contributed by atoms with Crippen molar-refractivity contribution in [2.24, 2.45) is 7.05 Å². The Balaban J connectivity index is 2.44. The van der Waals surface area contributed by atoms with E-state index in [0.717, 1.165) is 0 Å². The van der Waals surface area contributed by atoms with Gasteiger partial charge < -0.3 is 4.57 Å². The zero-order chi connectivity index (χ0) is 17.4. The molecule has 0 radical (unpaired) electrons. The van der Waals surface area contributed by atoms with Crippen LogP contribution in [0.3, 0.4) is 0 Å². The number of nitrogens with zero attached hydrogens (tertiary/aromatic N) is 3. The fourth-order valence-corrected chi connectivity index (χ4v) is 2.59. The van der Waals surface area contributed by atoms with Crippen LogP contribution in [0.15, 0.2) is 41.3 Å². The zero-order valence-corrected chi connectivity index (χ0v) is 13.0. The summed E-state index contributed by atoms with van der Waals surface area (Å²) in [5.74, 6) is -0.614. The molecular weight excluding hydrogens is 309 g/mol. The summed E-state index contributed by atoms with van der Waals surface area (Å²) in [5, 5.41) is 9.75. The van der Waals surface area contributed by atoms with Crippen LogP contribution in [0.5, 0.6) is 0 Å². The van der Waals surface area contributed by atoms with E-state index in [4.69, 9.17) is 0 Å². The molecule has 2 heterocycles. The molecule has 118 valence electrons. The molecule has 0 unspecified atom stereocenters. The third kappa shape index (κ3) is 2.46. The van der Waals surface area contributed by atoms with Gasteiger partial charge in [-0.1, -0.05) is 12.1 Å². The second-order valence-electron chi connectivity index (χ2n) is 5.41. The van der Waals surface area contributed by atoms with Gasteiger partial charge in [0.1, 0.15) is 23.1 Å². The molecule has 0 aliphatic heterocycles. The molecule has 3 aromatic rings. The molecule has 0 saturated heterocycles. The summed E-state index contributed by atoms with van der Waals surface area (Å²) in [5.41, 5.74) is 1.09. The van der Waals surface area contributed by atoms with E-state index in [9.17, 15) is 19.2 Å². The first-order valence-electron chi connectivity index (χ1n) is 7.13. The van der Waals surface area contributed by atoms with Gasteiger partial charge in [-0.25, -0.2) is 9.37 Å². The van der Waals surface area contributed by atoms with Crippen LogP contribution < -0.4 is 5.56 Å². The topological polar surface area (TPSA) is 75.8 Å². The standard InChI is InChI=1S/C18H12FN3O2/c1-10(23)15-9-22(2)18(24)17-14(15)7-13(16(8-20)21-17)11-3-5-12(19)6-4-11/h3-7,9H,1-2H3. The largest absolute Gasteiger partial charge is 0.316 e. The minimum absolute atomic E-state index is 0.0481. The average molecular weight is 321 g/mol. The van der Waals surface area contributed by atoms with E-state index >= 15 is 0 Å². The van der Waals surface area contributed by atoms with Crippen molar-refractivity contribution >= 4 is 16.7 Å². The molecule has 0 bridgehead atoms. The maximum atomic E-state index is 13.1. The lowest BCUT2D eigenvalue weighted by Crippen LogP contribution is -2.20. The number of ketones is 1. The quantitative estimate of drug-likeness (QED) is 0.680. The molecule has 3 rings (SSSR count). The predicted molar refractivity (Wildman–Crippen MR) is 87.1 cm³/mol. The SMILES string of the molecule is CC(=O)c1cn(C)c(=O)c2nc(C#N)c(-c3ccc(F)cc3)cc12. The van der Waals surface area contributed by atoms with E-state index in [1.807, 2.05) is 6.07 Å². The summed E-state index contributed by atoms with van der Waals surface area (Å²) in [6, 6.07) is 9.14. The summed E-state index contributed by atoms with van der Waals surface area (Å²) in [6.45, 7) is 1.40. The first-order chi connectivity index (χ1) is 11.4. The Morgan fingerprint density at radius 3 is 2.54 bits per heavy atom. The van der Waals surface area contributed by atoms with Crippen LogP contribution in [0.4, 0.5) is 4.39 Å². The Kier molecular flexibility index (Phi) is 3.70. The fourth-order valence-electron chi connectivity index (χ4n) is 2.59. The lowest BCUT2D eigenvalue weighted by molar-refractivity contribution is 0.101. The maximum Gasteiger partial charge on any atom is 0.276 e. The molecule has 0 saturated carbocycles. The van der Waals surface area contributed by atoms with Crippen LogP contribution in [0.2, 0.25) is 0 Å². The molecule has 6 heteroatoms. The molecule has 0 aliphatic rings. The number of nitriles is 1. The van der Waals surface area contributed by atoms with Gasteiger partial charge in [-0.2, -0.15) is 5.26 Å². The molecule has 5 nitrogen and oxygen atoms in total. The highest BCUT2D eigenvalue weighted by molar-refractivity contribution is 6.06. The van der Waals surface area contributed by atoms with Crippen molar-refractivity contribution in [1.29, 1.82) is 5.26 Å². The van der Waals surface area contributed by atoms with Crippen LogP contribution in [-0.2, 0) is 7.05 Å². The van der Waals surface area contributed by atoms with Crippen molar-refractivity contribution in [3.8, 4) is 17.2 Å². The number of carbonyl (C=O) groups excluding carboxylic acids is 1. The molecule has 24 heavy (non-hydrogen) atoms. The van der Waals surface area contributed by atoms with Crippen LogP contribution >= 0.6 is 0 Å². The Hall–Kier alpha value is -3.33. The van der Waals surface area contributed by atoms with Gasteiger partial charge in [-0.15, -0.1) is 0 Å². The number of fused-ring (bicyclic) bond motifs is 1. The van der Waals surface area contributed by atoms with Crippen molar-refractivity contribution < 1.29 is 9.18 Å². The normalized spacial score (nSPS) is 10.6. The number of aromatic nitrogens is 2. The smallest absolute Gasteiger partial charge is 0.276 e. The summed E-state index contributed by atoms with van der Waals surface area (Å²) < 4.78 is 14.4. The van der Waals surface area contributed by atoms with Gasteiger partial charge in [0.15, 0.2) is 5.78 Å². The van der Waals surface area contributed by atoms with Crippen molar-refractivity contribution in [3.05, 3.63) is 64.0 Å². The van der Waals surface area contributed by atoms with E-state index in [1.165, 1.54) is 49.0 Å². The molecule has 0 spiro atoms. The lowest BCUT2D eigenvalue weighted by atomic mass is 9.99. The highest BCUT2D eigenvalue weighted by Crippen LogP contribution is 2.27. The van der Waals surface area contributed by atoms with Crippen LogP contribution in [-0.4, -0.2) is 15.3 Å². The second kappa shape index (κ2) is 5.70. The Labute approximate surface area is 136 Å². The van der Waals surface area contributed by atoms with Gasteiger partial charge in [0.25, 0.3) is 5.56 Å². The molecule has 0 amide bonds. The molecule has 1 aromatic carbocycles. The first kappa shape index (κ1) is 15.6. The summed E-state index contributed by atoms with van der Waals surface area (Å²) in [7, 11) is 1.52. The van der Waals surface area contributed by atoms with E-state index in [-0.39, 0.29) is 17.0 Å². The Morgan fingerprint density at radius 2 is 1.96 bits per heavy atom. The van der Waals surface area contributed by atoms with Gasteiger partial charge in [0.05, 0.1) is 0 Å².